The molecule has 0 atom stereocenters. The number of methoxy groups -OCH3 is 1. The van der Waals surface area contributed by atoms with Crippen molar-refractivity contribution >= 4 is 17.3 Å². The highest BCUT2D eigenvalue weighted by Crippen LogP contribution is 2.24. The molecule has 1 aromatic heterocycles. The van der Waals surface area contributed by atoms with Crippen LogP contribution in [0.5, 0.6) is 0 Å². The fourth-order valence-corrected chi connectivity index (χ4v) is 3.93. The van der Waals surface area contributed by atoms with Crippen LogP contribution in [0.15, 0.2) is 10.4 Å². The number of aromatic nitrogens is 1. The van der Waals surface area contributed by atoms with Gasteiger partial charge in [-0.3, -0.25) is 0 Å². The van der Waals surface area contributed by atoms with Gasteiger partial charge < -0.3 is 19.7 Å². The molecular weight excluding hydrogens is 360 g/mol. The van der Waals surface area contributed by atoms with Gasteiger partial charge in [0.25, 0.3) is 0 Å². The van der Waals surface area contributed by atoms with E-state index in [0.717, 1.165) is 68.8 Å². The molecule has 6 nitrogen and oxygen atoms in total. The number of hydrogen-bond acceptors (Lipinski definition) is 5. The Morgan fingerprint density at radius 3 is 2.67 bits per heavy atom. The van der Waals surface area contributed by atoms with E-state index in [9.17, 15) is 0 Å². The number of nitrogens with one attached hydrogen (secondary N) is 1. The van der Waals surface area contributed by atoms with Crippen LogP contribution in [0.4, 0.5) is 0 Å². The lowest BCUT2D eigenvalue weighted by atomic mass is 9.93. The summed E-state index contributed by atoms with van der Waals surface area (Å²) in [6.45, 7) is 13.7. The first-order chi connectivity index (χ1) is 12.9. The third-order valence-electron chi connectivity index (χ3n) is 4.61. The lowest BCUT2D eigenvalue weighted by Crippen LogP contribution is -2.47. The highest BCUT2D eigenvalue weighted by atomic mass is 32.1. The Hall–Kier alpha value is -1.18. The Morgan fingerprint density at radius 2 is 2.07 bits per heavy atom. The number of guanidine groups is 1. The molecule has 2 rings (SSSR count). The summed E-state index contributed by atoms with van der Waals surface area (Å²) in [6, 6.07) is 0. The zero-order valence-electron chi connectivity index (χ0n) is 17.6. The molecule has 1 aliphatic heterocycles. The highest BCUT2D eigenvalue weighted by Gasteiger charge is 2.22. The minimum Gasteiger partial charge on any atom is -0.385 e. The average Bonchev–Trinajstić information content (AvgIpc) is 3.12. The molecule has 0 radical (unpaired) electrons. The summed E-state index contributed by atoms with van der Waals surface area (Å²) in [7, 11) is 1.73. The lowest BCUT2D eigenvalue weighted by molar-refractivity contribution is 0.00990. The van der Waals surface area contributed by atoms with Crippen molar-refractivity contribution in [2.45, 2.75) is 65.0 Å². The first kappa shape index (κ1) is 22.1. The minimum absolute atomic E-state index is 0.0914. The molecule has 1 aliphatic rings. The molecule has 0 bridgehead atoms. The Bertz CT molecular complexity index is 575. The average molecular weight is 397 g/mol. The predicted molar refractivity (Wildman–Crippen MR) is 113 cm³/mol. The third kappa shape index (κ3) is 7.39. The van der Waals surface area contributed by atoms with E-state index >= 15 is 0 Å². The molecule has 1 saturated heterocycles. The number of nitrogens with zero attached hydrogens (tertiary/aromatic N) is 3. The van der Waals surface area contributed by atoms with E-state index in [1.807, 2.05) is 0 Å². The topological polar surface area (TPSA) is 59.0 Å². The van der Waals surface area contributed by atoms with Crippen LogP contribution in [0.1, 0.15) is 57.7 Å². The Balaban J connectivity index is 1.86. The molecule has 0 saturated carbocycles. The van der Waals surface area contributed by atoms with Crippen LogP contribution in [-0.2, 0) is 21.4 Å². The maximum Gasteiger partial charge on any atom is 0.194 e. The van der Waals surface area contributed by atoms with Gasteiger partial charge in [0, 0.05) is 50.8 Å². The van der Waals surface area contributed by atoms with Gasteiger partial charge in [0.2, 0.25) is 0 Å². The molecule has 1 aromatic rings. The summed E-state index contributed by atoms with van der Waals surface area (Å²) in [5.41, 5.74) is 1.24. The highest BCUT2D eigenvalue weighted by molar-refractivity contribution is 7.09. The van der Waals surface area contributed by atoms with Crippen LogP contribution < -0.4 is 5.32 Å². The van der Waals surface area contributed by atoms with E-state index in [1.165, 1.54) is 0 Å². The zero-order valence-corrected chi connectivity index (χ0v) is 18.4. The molecule has 1 fully saturated rings. The van der Waals surface area contributed by atoms with Crippen molar-refractivity contribution in [2.75, 3.05) is 40.0 Å². The van der Waals surface area contributed by atoms with Crippen molar-refractivity contribution in [3.05, 3.63) is 16.1 Å². The van der Waals surface area contributed by atoms with Crippen LogP contribution in [-0.4, -0.2) is 61.9 Å². The van der Waals surface area contributed by atoms with Gasteiger partial charge in [-0.1, -0.05) is 20.8 Å². The van der Waals surface area contributed by atoms with E-state index in [1.54, 1.807) is 18.4 Å². The summed E-state index contributed by atoms with van der Waals surface area (Å²) in [5.74, 6) is 0.989. The molecule has 7 heteroatoms. The molecule has 0 aromatic carbocycles. The monoisotopic (exact) mass is 396 g/mol. The summed E-state index contributed by atoms with van der Waals surface area (Å²) in [4.78, 5) is 11.9. The van der Waals surface area contributed by atoms with Gasteiger partial charge in [0.05, 0.1) is 18.3 Å². The van der Waals surface area contributed by atoms with E-state index in [4.69, 9.17) is 19.5 Å². The minimum atomic E-state index is 0.0914. The van der Waals surface area contributed by atoms with Crippen LogP contribution in [0.2, 0.25) is 0 Å². The van der Waals surface area contributed by atoms with E-state index in [2.05, 4.69) is 43.3 Å². The Labute approximate surface area is 168 Å². The summed E-state index contributed by atoms with van der Waals surface area (Å²) in [6.07, 6.45) is 3.41. The standard InChI is InChI=1S/C20H36N4O2S/c1-6-21-19(22-14-18-23-17(15-27-18)20(2,3)4)24-10-8-16(9-11-24)26-13-7-12-25-5/h15-16H,6-14H2,1-5H3,(H,21,22). The van der Waals surface area contributed by atoms with Gasteiger partial charge in [-0.15, -0.1) is 11.3 Å². The van der Waals surface area contributed by atoms with Crippen LogP contribution in [0.3, 0.4) is 0 Å². The fraction of sp³-hybridized carbons (Fsp3) is 0.800. The number of ether oxygens (including phenoxy) is 2. The second kappa shape index (κ2) is 11.0. The molecule has 154 valence electrons. The van der Waals surface area contributed by atoms with Crippen molar-refractivity contribution in [1.82, 2.24) is 15.2 Å². The Kier molecular flexibility index (Phi) is 8.99. The second-order valence-electron chi connectivity index (χ2n) is 7.95. The lowest BCUT2D eigenvalue weighted by Gasteiger charge is -2.34. The van der Waals surface area contributed by atoms with Crippen molar-refractivity contribution in [3.8, 4) is 0 Å². The molecule has 0 amide bonds. The van der Waals surface area contributed by atoms with Gasteiger partial charge in [-0.05, 0) is 26.2 Å². The van der Waals surface area contributed by atoms with Crippen LogP contribution >= 0.6 is 11.3 Å². The first-order valence-electron chi connectivity index (χ1n) is 10.0. The first-order valence-corrected chi connectivity index (χ1v) is 10.9. The second-order valence-corrected chi connectivity index (χ2v) is 8.89. The summed E-state index contributed by atoms with van der Waals surface area (Å²) in [5, 5.41) is 6.66. The molecule has 2 heterocycles. The van der Waals surface area contributed by atoms with Crippen molar-refractivity contribution < 1.29 is 9.47 Å². The largest absolute Gasteiger partial charge is 0.385 e. The van der Waals surface area contributed by atoms with Gasteiger partial charge in [0.1, 0.15) is 5.01 Å². The normalized spacial score (nSPS) is 16.8. The molecular formula is C20H36N4O2S. The van der Waals surface area contributed by atoms with Crippen molar-refractivity contribution in [2.24, 2.45) is 4.99 Å². The number of rotatable bonds is 8. The molecule has 0 spiro atoms. The van der Waals surface area contributed by atoms with E-state index in [0.29, 0.717) is 12.6 Å². The molecule has 27 heavy (non-hydrogen) atoms. The molecule has 0 aliphatic carbocycles. The number of aliphatic imine (C=N–C) groups is 1. The van der Waals surface area contributed by atoms with E-state index < -0.39 is 0 Å². The number of thiazole rings is 1. The SMILES string of the molecule is CCNC(=NCc1nc(C(C)(C)C)cs1)N1CCC(OCCCOC)CC1. The van der Waals surface area contributed by atoms with Crippen molar-refractivity contribution in [3.63, 3.8) is 0 Å². The summed E-state index contributed by atoms with van der Waals surface area (Å²) < 4.78 is 11.0. The van der Waals surface area contributed by atoms with E-state index in [-0.39, 0.29) is 5.41 Å². The van der Waals surface area contributed by atoms with Gasteiger partial charge in [-0.25, -0.2) is 9.98 Å². The maximum atomic E-state index is 5.96. The molecule has 1 N–H and O–H groups in total. The Morgan fingerprint density at radius 1 is 1.33 bits per heavy atom. The van der Waals surface area contributed by atoms with Crippen LogP contribution in [0, 0.1) is 0 Å². The fourth-order valence-electron chi connectivity index (χ4n) is 2.98. The van der Waals surface area contributed by atoms with Crippen LogP contribution in [0.25, 0.3) is 0 Å². The van der Waals surface area contributed by atoms with Gasteiger partial charge in [-0.2, -0.15) is 0 Å². The molecule has 0 unspecified atom stereocenters. The van der Waals surface area contributed by atoms with Gasteiger partial charge >= 0.3 is 0 Å². The smallest absolute Gasteiger partial charge is 0.194 e. The predicted octanol–water partition coefficient (Wildman–Crippen LogP) is 3.42. The zero-order chi connectivity index (χ0) is 19.7. The number of likely N-dealkylation sites (tertiary alicyclic amines) is 1. The summed E-state index contributed by atoms with van der Waals surface area (Å²) >= 11 is 1.70. The van der Waals surface area contributed by atoms with Gasteiger partial charge in [0.15, 0.2) is 5.96 Å². The maximum absolute atomic E-state index is 5.96. The number of hydrogen-bond donors (Lipinski definition) is 1. The van der Waals surface area contributed by atoms with Crippen molar-refractivity contribution in [1.29, 1.82) is 0 Å². The third-order valence-corrected chi connectivity index (χ3v) is 5.44. The number of piperidine rings is 1. The quantitative estimate of drug-likeness (QED) is 0.414.